The van der Waals surface area contributed by atoms with Gasteiger partial charge in [-0.25, -0.2) is 4.79 Å². The van der Waals surface area contributed by atoms with Crippen LogP contribution in [0.2, 0.25) is 0 Å². The minimum atomic E-state index is -0.790. The molecule has 1 aliphatic rings. The third-order valence-corrected chi connectivity index (χ3v) is 3.36. The molecule has 3 rings (SSSR count). The van der Waals surface area contributed by atoms with Crippen molar-refractivity contribution in [3.05, 3.63) is 30.5 Å². The van der Waals surface area contributed by atoms with Crippen molar-refractivity contribution in [3.8, 4) is 0 Å². The highest BCUT2D eigenvalue weighted by molar-refractivity contribution is 5.93. The predicted molar refractivity (Wildman–Crippen MR) is 67.5 cm³/mol. The summed E-state index contributed by atoms with van der Waals surface area (Å²) in [5.41, 5.74) is 0. The number of carbonyl (C=O) groups is 1. The van der Waals surface area contributed by atoms with Gasteiger partial charge in [-0.2, -0.15) is 5.10 Å². The lowest BCUT2D eigenvalue weighted by molar-refractivity contribution is -0.138. The van der Waals surface area contributed by atoms with Crippen molar-refractivity contribution in [1.82, 2.24) is 10.2 Å². The van der Waals surface area contributed by atoms with E-state index in [1.807, 2.05) is 29.2 Å². The zero-order valence-electron chi connectivity index (χ0n) is 9.78. The zero-order valence-corrected chi connectivity index (χ0v) is 9.78. The molecule has 1 aromatic carbocycles. The summed E-state index contributed by atoms with van der Waals surface area (Å²) in [4.78, 5) is 13.1. The second kappa shape index (κ2) is 4.25. The van der Waals surface area contributed by atoms with E-state index in [0.717, 1.165) is 23.7 Å². The van der Waals surface area contributed by atoms with Crippen LogP contribution in [0.15, 0.2) is 30.5 Å². The fourth-order valence-electron chi connectivity index (χ4n) is 2.50. The lowest BCUT2D eigenvalue weighted by Gasteiger charge is -2.23. The number of carboxylic acids is 1. The number of aliphatic carboxylic acids is 1. The van der Waals surface area contributed by atoms with Crippen LogP contribution < -0.4 is 4.90 Å². The maximum absolute atomic E-state index is 11.2. The van der Waals surface area contributed by atoms with Gasteiger partial charge in [0.1, 0.15) is 6.04 Å². The second-order valence-electron chi connectivity index (χ2n) is 4.45. The largest absolute Gasteiger partial charge is 0.480 e. The van der Waals surface area contributed by atoms with Crippen molar-refractivity contribution in [2.24, 2.45) is 0 Å². The Labute approximate surface area is 104 Å². The second-order valence-corrected chi connectivity index (χ2v) is 4.45. The van der Waals surface area contributed by atoms with E-state index in [4.69, 9.17) is 0 Å². The van der Waals surface area contributed by atoms with Crippen molar-refractivity contribution in [3.63, 3.8) is 0 Å². The zero-order chi connectivity index (χ0) is 12.5. The normalized spacial score (nSPS) is 19.3. The van der Waals surface area contributed by atoms with Gasteiger partial charge in [-0.05, 0) is 12.8 Å². The summed E-state index contributed by atoms with van der Waals surface area (Å²) in [6, 6.07) is 7.30. The summed E-state index contributed by atoms with van der Waals surface area (Å²) >= 11 is 0. The number of benzene rings is 1. The number of carboxylic acid groups (broad SMARTS) is 1. The number of hydrogen-bond acceptors (Lipinski definition) is 4. The maximum atomic E-state index is 11.2. The first-order chi connectivity index (χ1) is 8.77. The van der Waals surface area contributed by atoms with Gasteiger partial charge in [-0.15, -0.1) is 5.10 Å². The lowest BCUT2D eigenvalue weighted by atomic mass is 10.1. The van der Waals surface area contributed by atoms with Crippen molar-refractivity contribution in [2.75, 3.05) is 11.4 Å². The van der Waals surface area contributed by atoms with Crippen LogP contribution in [0.5, 0.6) is 0 Å². The molecular formula is C13H13N3O2. The Hall–Kier alpha value is -2.17. The molecule has 1 aromatic heterocycles. The molecule has 5 nitrogen and oxygen atoms in total. The molecule has 2 aromatic rings. The molecule has 0 saturated carbocycles. The summed E-state index contributed by atoms with van der Waals surface area (Å²) in [6.45, 7) is 0.722. The Morgan fingerprint density at radius 3 is 3.06 bits per heavy atom. The molecule has 0 spiro atoms. The molecule has 1 atom stereocenters. The van der Waals surface area contributed by atoms with E-state index >= 15 is 0 Å². The monoisotopic (exact) mass is 243 g/mol. The summed E-state index contributed by atoms with van der Waals surface area (Å²) in [7, 11) is 0. The van der Waals surface area contributed by atoms with E-state index in [2.05, 4.69) is 10.2 Å². The van der Waals surface area contributed by atoms with Crippen molar-refractivity contribution in [2.45, 2.75) is 18.9 Å². The first kappa shape index (κ1) is 11.0. The van der Waals surface area contributed by atoms with Crippen molar-refractivity contribution < 1.29 is 9.90 Å². The van der Waals surface area contributed by atoms with Crippen LogP contribution in [-0.2, 0) is 4.79 Å². The van der Waals surface area contributed by atoms with E-state index in [9.17, 15) is 9.90 Å². The lowest BCUT2D eigenvalue weighted by Crippen LogP contribution is -2.36. The molecule has 0 amide bonds. The standard InChI is InChI=1S/C13H13N3O2/c17-13(18)11-6-3-7-16(11)12-10-5-2-1-4-9(10)8-14-15-12/h1-2,4-5,8,11H,3,6-7H2,(H,17,18). The van der Waals surface area contributed by atoms with Crippen LogP contribution in [0.1, 0.15) is 12.8 Å². The van der Waals surface area contributed by atoms with Crippen LogP contribution in [0.3, 0.4) is 0 Å². The van der Waals surface area contributed by atoms with Gasteiger partial charge in [0.2, 0.25) is 0 Å². The summed E-state index contributed by atoms with van der Waals surface area (Å²) in [6.07, 6.45) is 3.24. The maximum Gasteiger partial charge on any atom is 0.326 e. The van der Waals surface area contributed by atoms with Crippen LogP contribution >= 0.6 is 0 Å². The number of nitrogens with zero attached hydrogens (tertiary/aromatic N) is 3. The predicted octanol–water partition coefficient (Wildman–Crippen LogP) is 1.68. The number of hydrogen-bond donors (Lipinski definition) is 1. The third-order valence-electron chi connectivity index (χ3n) is 3.36. The average molecular weight is 243 g/mol. The molecule has 92 valence electrons. The smallest absolute Gasteiger partial charge is 0.326 e. The molecule has 1 fully saturated rings. The van der Waals surface area contributed by atoms with Gasteiger partial charge < -0.3 is 10.0 Å². The quantitative estimate of drug-likeness (QED) is 0.869. The Kier molecular flexibility index (Phi) is 2.59. The van der Waals surface area contributed by atoms with Gasteiger partial charge in [0.05, 0.1) is 6.20 Å². The molecule has 1 unspecified atom stereocenters. The number of rotatable bonds is 2. The molecule has 0 radical (unpaired) electrons. The average Bonchev–Trinajstić information content (AvgIpc) is 2.87. The van der Waals surface area contributed by atoms with Gasteiger partial charge in [0.15, 0.2) is 5.82 Å². The highest BCUT2D eigenvalue weighted by atomic mass is 16.4. The van der Waals surface area contributed by atoms with Crippen molar-refractivity contribution in [1.29, 1.82) is 0 Å². The number of fused-ring (bicyclic) bond motifs is 1. The van der Waals surface area contributed by atoms with Crippen LogP contribution in [0, 0.1) is 0 Å². The Balaban J connectivity index is 2.11. The Morgan fingerprint density at radius 2 is 2.22 bits per heavy atom. The highest BCUT2D eigenvalue weighted by Crippen LogP contribution is 2.29. The molecule has 0 aliphatic carbocycles. The van der Waals surface area contributed by atoms with Crippen LogP contribution in [-0.4, -0.2) is 33.9 Å². The molecule has 1 saturated heterocycles. The van der Waals surface area contributed by atoms with Gasteiger partial charge in [-0.3, -0.25) is 0 Å². The van der Waals surface area contributed by atoms with Crippen LogP contribution in [0.4, 0.5) is 5.82 Å². The van der Waals surface area contributed by atoms with E-state index in [1.165, 1.54) is 0 Å². The number of aromatic nitrogens is 2. The van der Waals surface area contributed by atoms with Gasteiger partial charge in [0.25, 0.3) is 0 Å². The van der Waals surface area contributed by atoms with E-state index in [-0.39, 0.29) is 0 Å². The van der Waals surface area contributed by atoms with E-state index in [1.54, 1.807) is 6.20 Å². The van der Waals surface area contributed by atoms with Crippen molar-refractivity contribution >= 4 is 22.6 Å². The SMILES string of the molecule is O=C(O)C1CCCN1c1nncc2ccccc12. The summed E-state index contributed by atoms with van der Waals surface area (Å²) in [5, 5.41) is 19.3. The Bertz CT molecular complexity index is 594. The molecule has 2 heterocycles. The topological polar surface area (TPSA) is 66.3 Å². The molecule has 0 bridgehead atoms. The minimum absolute atomic E-state index is 0.481. The molecular weight excluding hydrogens is 230 g/mol. The summed E-state index contributed by atoms with van der Waals surface area (Å²) < 4.78 is 0. The summed E-state index contributed by atoms with van der Waals surface area (Å²) in [5.74, 6) is -0.111. The van der Waals surface area contributed by atoms with Gasteiger partial charge >= 0.3 is 5.97 Å². The minimum Gasteiger partial charge on any atom is -0.480 e. The third kappa shape index (κ3) is 1.68. The highest BCUT2D eigenvalue weighted by Gasteiger charge is 2.32. The van der Waals surface area contributed by atoms with Gasteiger partial charge in [0, 0.05) is 17.3 Å². The van der Waals surface area contributed by atoms with Crippen LogP contribution in [0.25, 0.3) is 10.8 Å². The molecule has 1 N–H and O–H groups in total. The fourth-order valence-corrected chi connectivity index (χ4v) is 2.50. The molecule has 5 heteroatoms. The first-order valence-corrected chi connectivity index (χ1v) is 5.97. The van der Waals surface area contributed by atoms with E-state index < -0.39 is 12.0 Å². The molecule has 1 aliphatic heterocycles. The first-order valence-electron chi connectivity index (χ1n) is 5.97. The number of anilines is 1. The Morgan fingerprint density at radius 1 is 1.39 bits per heavy atom. The molecule has 18 heavy (non-hydrogen) atoms. The van der Waals surface area contributed by atoms with E-state index in [0.29, 0.717) is 12.2 Å². The fraction of sp³-hybridized carbons (Fsp3) is 0.308. The van der Waals surface area contributed by atoms with Gasteiger partial charge in [-0.1, -0.05) is 24.3 Å².